The fraction of sp³-hybridized carbons (Fsp3) is 0.250. The maximum atomic E-state index is 5.64. The van der Waals surface area contributed by atoms with E-state index in [4.69, 9.17) is 5.73 Å². The third-order valence-corrected chi connectivity index (χ3v) is 1.81. The van der Waals surface area contributed by atoms with Gasteiger partial charge >= 0.3 is 0 Å². The van der Waals surface area contributed by atoms with Crippen LogP contribution in [-0.2, 0) is 0 Å². The van der Waals surface area contributed by atoms with Crippen molar-refractivity contribution >= 4 is 11.8 Å². The average molecular weight is 155 g/mol. The van der Waals surface area contributed by atoms with Gasteiger partial charge < -0.3 is 5.73 Å². The molecule has 0 aliphatic rings. The first-order chi connectivity index (χ1) is 4.63. The fourth-order valence-corrected chi connectivity index (χ4v) is 1.07. The van der Waals surface area contributed by atoms with Crippen LogP contribution >= 0.6 is 11.8 Å². The molecule has 0 unspecified atom stereocenters. The third-order valence-electron chi connectivity index (χ3n) is 1.15. The van der Waals surface area contributed by atoms with Crippen LogP contribution in [0.15, 0.2) is 35.4 Å². The highest BCUT2D eigenvalue weighted by Gasteiger charge is 1.97. The molecule has 0 aliphatic carbocycles. The molecule has 0 rings (SSSR count). The van der Waals surface area contributed by atoms with Gasteiger partial charge in [0.15, 0.2) is 0 Å². The quantitative estimate of drug-likeness (QED) is 0.633. The minimum Gasteiger partial charge on any atom is -0.393 e. The number of nitrogens with two attached hydrogens (primary N) is 1. The van der Waals surface area contributed by atoms with Gasteiger partial charge in [0.05, 0.1) is 5.03 Å². The Hall–Kier alpha value is -0.630. The molecule has 2 N–H and O–H groups in total. The molecule has 0 aromatic heterocycles. The van der Waals surface area contributed by atoms with Gasteiger partial charge in [-0.15, -0.1) is 11.8 Å². The van der Waals surface area contributed by atoms with E-state index < -0.39 is 0 Å². The van der Waals surface area contributed by atoms with E-state index in [1.54, 1.807) is 6.08 Å². The van der Waals surface area contributed by atoms with E-state index in [0.717, 1.165) is 16.2 Å². The zero-order chi connectivity index (χ0) is 8.15. The topological polar surface area (TPSA) is 26.0 Å². The van der Waals surface area contributed by atoms with Crippen LogP contribution < -0.4 is 5.73 Å². The van der Waals surface area contributed by atoms with Crippen molar-refractivity contribution in [3.63, 3.8) is 0 Å². The SMILES string of the molecule is C=C/C(C(=C)C)=C(/N)SC. The Morgan fingerprint density at radius 2 is 2.10 bits per heavy atom. The molecule has 0 aromatic carbocycles. The molecule has 0 saturated carbocycles. The smallest absolute Gasteiger partial charge is 0.0728 e. The molecular weight excluding hydrogens is 142 g/mol. The van der Waals surface area contributed by atoms with Crippen molar-refractivity contribution in [1.82, 2.24) is 0 Å². The Morgan fingerprint density at radius 3 is 2.20 bits per heavy atom. The maximum Gasteiger partial charge on any atom is 0.0728 e. The molecule has 0 saturated heterocycles. The van der Waals surface area contributed by atoms with Crippen LogP contribution in [0.1, 0.15) is 6.92 Å². The molecule has 2 heteroatoms. The fourth-order valence-electron chi connectivity index (χ4n) is 0.595. The first-order valence-corrected chi connectivity index (χ1v) is 4.18. The van der Waals surface area contributed by atoms with E-state index in [2.05, 4.69) is 13.2 Å². The highest BCUT2D eigenvalue weighted by Crippen LogP contribution is 2.17. The molecule has 0 aliphatic heterocycles. The second kappa shape index (κ2) is 4.23. The summed E-state index contributed by atoms with van der Waals surface area (Å²) in [7, 11) is 0. The molecule has 0 bridgehead atoms. The molecule has 0 fully saturated rings. The molecule has 0 atom stereocenters. The highest BCUT2D eigenvalue weighted by atomic mass is 32.2. The van der Waals surface area contributed by atoms with Gasteiger partial charge in [0.2, 0.25) is 0 Å². The monoisotopic (exact) mass is 155 g/mol. The highest BCUT2D eigenvalue weighted by molar-refractivity contribution is 8.02. The van der Waals surface area contributed by atoms with E-state index in [1.807, 2.05) is 13.2 Å². The van der Waals surface area contributed by atoms with Gasteiger partial charge in [-0.1, -0.05) is 19.2 Å². The van der Waals surface area contributed by atoms with Gasteiger partial charge in [0.25, 0.3) is 0 Å². The Kier molecular flexibility index (Phi) is 3.96. The third kappa shape index (κ3) is 2.31. The van der Waals surface area contributed by atoms with E-state index in [1.165, 1.54) is 11.8 Å². The van der Waals surface area contributed by atoms with Crippen LogP contribution in [0, 0.1) is 0 Å². The maximum absolute atomic E-state index is 5.64. The number of hydrogen-bond acceptors (Lipinski definition) is 2. The summed E-state index contributed by atoms with van der Waals surface area (Å²) in [6, 6.07) is 0. The summed E-state index contributed by atoms with van der Waals surface area (Å²) in [5, 5.41) is 0.780. The van der Waals surface area contributed by atoms with Crippen LogP contribution in [0.4, 0.5) is 0 Å². The Balaban J connectivity index is 4.62. The van der Waals surface area contributed by atoms with Crippen molar-refractivity contribution in [1.29, 1.82) is 0 Å². The summed E-state index contributed by atoms with van der Waals surface area (Å²) < 4.78 is 0. The average Bonchev–Trinajstić information content (AvgIpc) is 1.88. The summed E-state index contributed by atoms with van der Waals surface area (Å²) in [5.41, 5.74) is 7.55. The zero-order valence-corrected chi connectivity index (χ0v) is 7.29. The lowest BCUT2D eigenvalue weighted by Gasteiger charge is -2.03. The van der Waals surface area contributed by atoms with Gasteiger partial charge in [-0.05, 0) is 18.8 Å². The van der Waals surface area contributed by atoms with Crippen LogP contribution in [-0.4, -0.2) is 6.26 Å². The molecule has 1 nitrogen and oxygen atoms in total. The molecule has 0 aromatic rings. The second-order valence-electron chi connectivity index (χ2n) is 1.97. The molecule has 0 heterocycles. The van der Waals surface area contributed by atoms with Gasteiger partial charge in [-0.3, -0.25) is 0 Å². The summed E-state index contributed by atoms with van der Waals surface area (Å²) in [6.45, 7) is 9.33. The lowest BCUT2D eigenvalue weighted by molar-refractivity contribution is 1.38. The van der Waals surface area contributed by atoms with Crippen LogP contribution in [0.25, 0.3) is 0 Å². The van der Waals surface area contributed by atoms with E-state index in [-0.39, 0.29) is 0 Å². The van der Waals surface area contributed by atoms with Crippen molar-refractivity contribution in [3.8, 4) is 0 Å². The minimum absolute atomic E-state index is 0.780. The second-order valence-corrected chi connectivity index (χ2v) is 2.81. The van der Waals surface area contributed by atoms with Crippen molar-refractivity contribution in [3.05, 3.63) is 35.4 Å². The largest absolute Gasteiger partial charge is 0.393 e. The normalized spacial score (nSPS) is 12.2. The van der Waals surface area contributed by atoms with Gasteiger partial charge in [0.1, 0.15) is 0 Å². The summed E-state index contributed by atoms with van der Waals surface area (Å²) in [5.74, 6) is 0. The van der Waals surface area contributed by atoms with Gasteiger partial charge in [-0.25, -0.2) is 0 Å². The van der Waals surface area contributed by atoms with Crippen LogP contribution in [0.3, 0.4) is 0 Å². The van der Waals surface area contributed by atoms with Crippen molar-refractivity contribution < 1.29 is 0 Å². The van der Waals surface area contributed by atoms with Gasteiger partial charge in [0, 0.05) is 5.57 Å². The first-order valence-electron chi connectivity index (χ1n) is 2.95. The van der Waals surface area contributed by atoms with Crippen LogP contribution in [0.5, 0.6) is 0 Å². The molecule has 56 valence electrons. The Morgan fingerprint density at radius 1 is 1.60 bits per heavy atom. The number of thioether (sulfide) groups is 1. The van der Waals surface area contributed by atoms with Gasteiger partial charge in [-0.2, -0.15) is 0 Å². The van der Waals surface area contributed by atoms with E-state index in [0.29, 0.717) is 0 Å². The summed E-state index contributed by atoms with van der Waals surface area (Å²) in [4.78, 5) is 0. The molecule has 0 amide bonds. The lowest BCUT2D eigenvalue weighted by Crippen LogP contribution is -1.96. The molecule has 0 radical (unpaired) electrons. The summed E-state index contributed by atoms with van der Waals surface area (Å²) in [6.07, 6.45) is 3.66. The first kappa shape index (κ1) is 9.37. The molecular formula is C8H13NS. The molecule has 10 heavy (non-hydrogen) atoms. The van der Waals surface area contributed by atoms with Crippen molar-refractivity contribution in [2.45, 2.75) is 6.92 Å². The number of allylic oxidation sites excluding steroid dienone is 3. The Bertz CT molecular complexity index is 180. The van der Waals surface area contributed by atoms with Crippen LogP contribution in [0.2, 0.25) is 0 Å². The molecule has 0 spiro atoms. The van der Waals surface area contributed by atoms with E-state index >= 15 is 0 Å². The predicted octanol–water partition coefficient (Wildman–Crippen LogP) is 2.28. The lowest BCUT2D eigenvalue weighted by atomic mass is 10.1. The van der Waals surface area contributed by atoms with Crippen molar-refractivity contribution in [2.75, 3.05) is 6.26 Å². The number of hydrogen-bond donors (Lipinski definition) is 1. The summed E-state index contributed by atoms with van der Waals surface area (Å²) >= 11 is 1.51. The predicted molar refractivity (Wildman–Crippen MR) is 49.7 cm³/mol. The standard InChI is InChI=1S/C8H13NS/c1-5-7(6(2)3)8(9)10-4/h5H,1-2,9H2,3-4H3/b8-7+. The minimum atomic E-state index is 0.780. The number of rotatable bonds is 3. The van der Waals surface area contributed by atoms with Crippen molar-refractivity contribution in [2.24, 2.45) is 5.73 Å². The Labute approximate surface area is 66.7 Å². The zero-order valence-electron chi connectivity index (χ0n) is 6.48. The van der Waals surface area contributed by atoms with E-state index in [9.17, 15) is 0 Å².